The van der Waals surface area contributed by atoms with Crippen LogP contribution in [0, 0.1) is 13.8 Å². The molecule has 100 valence electrons. The summed E-state index contributed by atoms with van der Waals surface area (Å²) in [5.74, 6) is 4.94. The second-order valence-corrected chi connectivity index (χ2v) is 7.20. The number of thioether (sulfide) groups is 2. The van der Waals surface area contributed by atoms with Crippen LogP contribution in [0.15, 0.2) is 0 Å². The maximum Gasteiger partial charge on any atom is 0.142 e. The summed E-state index contributed by atoms with van der Waals surface area (Å²) in [6.07, 6.45) is 0. The first-order valence-electron chi connectivity index (χ1n) is 6.38. The van der Waals surface area contributed by atoms with Crippen LogP contribution in [0.1, 0.15) is 40.9 Å². The van der Waals surface area contributed by atoms with Crippen molar-refractivity contribution in [2.45, 2.75) is 31.9 Å². The summed E-state index contributed by atoms with van der Waals surface area (Å²) in [5, 5.41) is 0.461. The molecule has 18 heavy (non-hydrogen) atoms. The van der Waals surface area contributed by atoms with Gasteiger partial charge in [0.15, 0.2) is 0 Å². The van der Waals surface area contributed by atoms with E-state index in [9.17, 15) is 0 Å². The molecule has 2 rings (SSSR count). The minimum atomic E-state index is 0.340. The molecule has 1 aromatic heterocycles. The molecule has 0 amide bonds. The molecule has 2 heterocycles. The Bertz CT molecular complexity index is 394. The number of hydrogen-bond donors (Lipinski definition) is 1. The molecule has 2 N–H and O–H groups in total. The lowest BCUT2D eigenvalue weighted by Crippen LogP contribution is -2.17. The highest BCUT2D eigenvalue weighted by Gasteiger charge is 2.22. The molecule has 0 aliphatic carbocycles. The summed E-state index contributed by atoms with van der Waals surface area (Å²) in [7, 11) is 0. The number of aromatic nitrogens is 2. The van der Waals surface area contributed by atoms with Crippen LogP contribution in [0.25, 0.3) is 0 Å². The standard InChI is InChI=1S/C13H21N3S2/c1-8(6-14)12-9(2)15-13(16-10(12)3)11-7-17-4-5-18-11/h8,11H,4-7,14H2,1-3H3. The van der Waals surface area contributed by atoms with Gasteiger partial charge in [-0.3, -0.25) is 0 Å². The molecule has 1 aliphatic heterocycles. The Morgan fingerprint density at radius 1 is 1.28 bits per heavy atom. The third-order valence-electron chi connectivity index (χ3n) is 3.29. The van der Waals surface area contributed by atoms with Crippen molar-refractivity contribution >= 4 is 23.5 Å². The van der Waals surface area contributed by atoms with Crippen molar-refractivity contribution in [3.8, 4) is 0 Å². The molecule has 2 atom stereocenters. The molecule has 1 aromatic rings. The Balaban J connectivity index is 2.29. The van der Waals surface area contributed by atoms with E-state index in [-0.39, 0.29) is 0 Å². The zero-order chi connectivity index (χ0) is 13.1. The maximum absolute atomic E-state index is 5.76. The molecule has 0 spiro atoms. The van der Waals surface area contributed by atoms with Crippen LogP contribution in [-0.2, 0) is 0 Å². The summed E-state index contributed by atoms with van der Waals surface area (Å²) < 4.78 is 0. The molecular formula is C13H21N3S2. The summed E-state index contributed by atoms with van der Waals surface area (Å²) in [6.45, 7) is 6.96. The first-order chi connectivity index (χ1) is 8.63. The SMILES string of the molecule is Cc1nc(C2CSCCS2)nc(C)c1C(C)CN. The van der Waals surface area contributed by atoms with Crippen LogP contribution in [-0.4, -0.2) is 33.8 Å². The molecule has 3 nitrogen and oxygen atoms in total. The molecule has 1 fully saturated rings. The molecule has 0 saturated carbocycles. The van der Waals surface area contributed by atoms with Crippen LogP contribution >= 0.6 is 23.5 Å². The highest BCUT2D eigenvalue weighted by Crippen LogP contribution is 2.35. The van der Waals surface area contributed by atoms with E-state index in [1.165, 1.54) is 17.1 Å². The lowest BCUT2D eigenvalue weighted by atomic mass is 9.98. The fraction of sp³-hybridized carbons (Fsp3) is 0.692. The second kappa shape index (κ2) is 6.26. The van der Waals surface area contributed by atoms with E-state index in [0.29, 0.717) is 17.7 Å². The van der Waals surface area contributed by atoms with E-state index < -0.39 is 0 Å². The Morgan fingerprint density at radius 2 is 1.94 bits per heavy atom. The van der Waals surface area contributed by atoms with Crippen LogP contribution in [0.5, 0.6) is 0 Å². The van der Waals surface area contributed by atoms with E-state index in [1.54, 1.807) is 0 Å². The minimum Gasteiger partial charge on any atom is -0.330 e. The van der Waals surface area contributed by atoms with Gasteiger partial charge < -0.3 is 5.73 Å². The largest absolute Gasteiger partial charge is 0.330 e. The molecule has 5 heteroatoms. The topological polar surface area (TPSA) is 51.8 Å². The van der Waals surface area contributed by atoms with Crippen molar-refractivity contribution in [3.63, 3.8) is 0 Å². The third-order valence-corrected chi connectivity index (χ3v) is 6.05. The quantitative estimate of drug-likeness (QED) is 0.924. The maximum atomic E-state index is 5.76. The molecule has 1 saturated heterocycles. The highest BCUT2D eigenvalue weighted by molar-refractivity contribution is 8.06. The zero-order valence-corrected chi connectivity index (χ0v) is 12.9. The highest BCUT2D eigenvalue weighted by atomic mass is 32.2. The molecule has 0 bridgehead atoms. The summed E-state index contributed by atoms with van der Waals surface area (Å²) >= 11 is 3.99. The lowest BCUT2D eigenvalue weighted by molar-refractivity contribution is 0.730. The summed E-state index contributed by atoms with van der Waals surface area (Å²) in [5.41, 5.74) is 9.20. The van der Waals surface area contributed by atoms with Crippen molar-refractivity contribution in [3.05, 3.63) is 22.8 Å². The lowest BCUT2D eigenvalue weighted by Gasteiger charge is -2.22. The van der Waals surface area contributed by atoms with Gasteiger partial charge in [0, 0.05) is 28.6 Å². The van der Waals surface area contributed by atoms with E-state index >= 15 is 0 Å². The summed E-state index contributed by atoms with van der Waals surface area (Å²) in [6, 6.07) is 0. The van der Waals surface area contributed by atoms with E-state index in [1.807, 2.05) is 23.5 Å². The molecule has 1 aliphatic rings. The monoisotopic (exact) mass is 283 g/mol. The first-order valence-corrected chi connectivity index (χ1v) is 8.58. The van der Waals surface area contributed by atoms with Gasteiger partial charge in [0.1, 0.15) is 5.82 Å². The molecule has 0 aromatic carbocycles. The van der Waals surface area contributed by atoms with Crippen LogP contribution in [0.3, 0.4) is 0 Å². The molecule has 2 unspecified atom stereocenters. The van der Waals surface area contributed by atoms with E-state index in [2.05, 4.69) is 20.8 Å². The van der Waals surface area contributed by atoms with Gasteiger partial charge in [-0.1, -0.05) is 6.92 Å². The normalized spacial score (nSPS) is 21.9. The van der Waals surface area contributed by atoms with E-state index in [0.717, 1.165) is 23.0 Å². The van der Waals surface area contributed by atoms with Gasteiger partial charge in [-0.2, -0.15) is 11.8 Å². The number of nitrogens with two attached hydrogens (primary N) is 1. The minimum absolute atomic E-state index is 0.340. The van der Waals surface area contributed by atoms with Crippen molar-refractivity contribution in [1.29, 1.82) is 0 Å². The second-order valence-electron chi connectivity index (χ2n) is 4.74. The Kier molecular flexibility index (Phi) is 4.92. The number of nitrogens with zero attached hydrogens (tertiary/aromatic N) is 2. The molecular weight excluding hydrogens is 262 g/mol. The smallest absolute Gasteiger partial charge is 0.142 e. The fourth-order valence-corrected chi connectivity index (χ4v) is 4.96. The van der Waals surface area contributed by atoms with Gasteiger partial charge in [-0.25, -0.2) is 9.97 Å². The van der Waals surface area contributed by atoms with Crippen LogP contribution in [0.4, 0.5) is 0 Å². The van der Waals surface area contributed by atoms with Crippen LogP contribution < -0.4 is 5.73 Å². The predicted octanol–water partition coefficient (Wildman–Crippen LogP) is 2.68. The van der Waals surface area contributed by atoms with E-state index in [4.69, 9.17) is 15.7 Å². The number of aryl methyl sites for hydroxylation is 2. The Hall–Kier alpha value is -0.260. The van der Waals surface area contributed by atoms with Crippen molar-refractivity contribution in [2.75, 3.05) is 23.8 Å². The van der Waals surface area contributed by atoms with Gasteiger partial charge in [-0.15, -0.1) is 11.8 Å². The van der Waals surface area contributed by atoms with Crippen molar-refractivity contribution < 1.29 is 0 Å². The molecule has 0 radical (unpaired) electrons. The number of rotatable bonds is 3. The average molecular weight is 283 g/mol. The van der Waals surface area contributed by atoms with Gasteiger partial charge >= 0.3 is 0 Å². The van der Waals surface area contributed by atoms with Gasteiger partial charge in [0.05, 0.1) is 5.25 Å². The first kappa shape index (κ1) is 14.2. The Morgan fingerprint density at radius 3 is 2.44 bits per heavy atom. The average Bonchev–Trinajstić information content (AvgIpc) is 2.38. The van der Waals surface area contributed by atoms with Gasteiger partial charge in [0.2, 0.25) is 0 Å². The predicted molar refractivity (Wildman–Crippen MR) is 81.5 cm³/mol. The van der Waals surface area contributed by atoms with Gasteiger partial charge in [0.25, 0.3) is 0 Å². The zero-order valence-electron chi connectivity index (χ0n) is 11.3. The van der Waals surface area contributed by atoms with Crippen molar-refractivity contribution in [2.24, 2.45) is 5.73 Å². The third kappa shape index (κ3) is 3.00. The Labute approximate surface area is 118 Å². The fourth-order valence-electron chi connectivity index (χ4n) is 2.36. The summed E-state index contributed by atoms with van der Waals surface area (Å²) in [4.78, 5) is 9.45. The van der Waals surface area contributed by atoms with Crippen LogP contribution in [0.2, 0.25) is 0 Å². The van der Waals surface area contributed by atoms with Gasteiger partial charge in [-0.05, 0) is 31.9 Å². The number of hydrogen-bond acceptors (Lipinski definition) is 5. The van der Waals surface area contributed by atoms with Crippen molar-refractivity contribution in [1.82, 2.24) is 9.97 Å².